The maximum Gasteiger partial charge on any atom is 0.310 e. The fourth-order valence-corrected chi connectivity index (χ4v) is 14.8. The Balaban J connectivity index is 1.01. The fourth-order valence-electron chi connectivity index (χ4n) is 14.8. The Hall–Kier alpha value is -1.84. The number of rotatable bonds is 9. The number of hydrogen-bond acceptors (Lipinski definition) is 16. The molecule has 3 saturated heterocycles. The smallest absolute Gasteiger partial charge is 0.310 e. The molecule has 1 unspecified atom stereocenters. The fraction of sp³-hybridized carbons (Fsp3) is 0.917. The highest BCUT2D eigenvalue weighted by Crippen LogP contribution is 2.76. The van der Waals surface area contributed by atoms with Crippen LogP contribution in [0.15, 0.2) is 11.6 Å². The van der Waals surface area contributed by atoms with Gasteiger partial charge in [-0.15, -0.1) is 0 Å². The summed E-state index contributed by atoms with van der Waals surface area (Å²) in [6.07, 6.45) is -9.39. The standard InChI is InChI=1S/C48H76O17/c1-23-32(53)36(64-41-37(62-24(2)50)33(54)27(51)21-60-41)35(56)39(61-23)65-38-34(55)28(52)20-59-40(38)63-31-12-13-44(5)29(45(31,6)22-49)11-14-47(8)30(44)10-9-25-26-19-43(3,4)15-17-48(26,42(57)58)18-16-46(25,47)7/h9,23,26-41,49,51-56H,10-22H2,1-8H3,(H,57,58)/t23-,26-,27+,28-,29+,30+,31-,32-,33-,34-,35+,36+,37+,38+,39-,40-,41-,44-,45-,46+,47+,48?/m0/s1. The van der Waals surface area contributed by atoms with E-state index >= 15 is 0 Å². The van der Waals surface area contributed by atoms with E-state index in [9.17, 15) is 50.4 Å². The predicted molar refractivity (Wildman–Crippen MR) is 228 cm³/mol. The molecular formula is C48H76O17. The summed E-state index contributed by atoms with van der Waals surface area (Å²) >= 11 is 0. The summed E-state index contributed by atoms with van der Waals surface area (Å²) in [5.74, 6) is -1.17. The van der Waals surface area contributed by atoms with Crippen LogP contribution in [0.3, 0.4) is 0 Å². The molecule has 0 radical (unpaired) electrons. The van der Waals surface area contributed by atoms with Crippen LogP contribution in [0.5, 0.6) is 0 Å². The minimum atomic E-state index is -1.77. The minimum Gasteiger partial charge on any atom is -0.481 e. The Morgan fingerprint density at radius 2 is 1.34 bits per heavy atom. The first-order valence-corrected chi connectivity index (χ1v) is 24.0. The third kappa shape index (κ3) is 7.96. The van der Waals surface area contributed by atoms with Gasteiger partial charge in [0.1, 0.15) is 48.8 Å². The molecule has 8 N–H and O–H groups in total. The zero-order valence-electron chi connectivity index (χ0n) is 39.3. The molecule has 3 heterocycles. The normalized spacial score (nSPS) is 53.0. The zero-order chi connectivity index (χ0) is 47.4. The molecule has 370 valence electrons. The van der Waals surface area contributed by atoms with E-state index < -0.39 is 115 Å². The molecule has 0 aromatic rings. The zero-order valence-corrected chi connectivity index (χ0v) is 39.3. The van der Waals surface area contributed by atoms with Crippen molar-refractivity contribution >= 4 is 11.9 Å². The van der Waals surface area contributed by atoms with Gasteiger partial charge < -0.3 is 74.0 Å². The molecular weight excluding hydrogens is 849 g/mol. The maximum absolute atomic E-state index is 13.1. The van der Waals surface area contributed by atoms with Crippen molar-refractivity contribution in [3.8, 4) is 0 Å². The summed E-state index contributed by atoms with van der Waals surface area (Å²) in [6.45, 7) is 15.6. The maximum atomic E-state index is 13.1. The van der Waals surface area contributed by atoms with Gasteiger partial charge in [0.25, 0.3) is 0 Å². The number of carbonyl (C=O) groups excluding carboxylic acids is 1. The highest BCUT2D eigenvalue weighted by molar-refractivity contribution is 5.76. The van der Waals surface area contributed by atoms with E-state index in [0.717, 1.165) is 51.9 Å². The van der Waals surface area contributed by atoms with Crippen molar-refractivity contribution in [3.05, 3.63) is 11.6 Å². The first kappa shape index (κ1) is 49.6. The number of ether oxygens (including phenoxy) is 7. The van der Waals surface area contributed by atoms with Gasteiger partial charge >= 0.3 is 11.9 Å². The number of hydrogen-bond donors (Lipinski definition) is 8. The van der Waals surface area contributed by atoms with E-state index in [0.29, 0.717) is 19.3 Å². The summed E-state index contributed by atoms with van der Waals surface area (Å²) in [4.78, 5) is 25.0. The summed E-state index contributed by atoms with van der Waals surface area (Å²) in [5.41, 5.74) is -0.589. The third-order valence-electron chi connectivity index (χ3n) is 19.0. The van der Waals surface area contributed by atoms with Crippen molar-refractivity contribution in [1.29, 1.82) is 0 Å². The second-order valence-corrected chi connectivity index (χ2v) is 23.0. The van der Waals surface area contributed by atoms with Gasteiger partial charge in [-0.3, -0.25) is 9.59 Å². The molecule has 4 saturated carbocycles. The quantitative estimate of drug-likeness (QED) is 0.0939. The number of carboxylic acids is 1. The van der Waals surface area contributed by atoms with Gasteiger partial charge in [0.05, 0.1) is 37.4 Å². The first-order valence-electron chi connectivity index (χ1n) is 24.0. The van der Waals surface area contributed by atoms with Crippen LogP contribution < -0.4 is 0 Å². The molecule has 0 spiro atoms. The Morgan fingerprint density at radius 3 is 1.97 bits per heavy atom. The number of carboxylic acid groups (broad SMARTS) is 1. The average Bonchev–Trinajstić information content (AvgIpc) is 3.24. The van der Waals surface area contributed by atoms with Crippen LogP contribution in [0.25, 0.3) is 0 Å². The van der Waals surface area contributed by atoms with Crippen LogP contribution in [-0.2, 0) is 42.7 Å². The molecule has 8 aliphatic rings. The monoisotopic (exact) mass is 925 g/mol. The molecule has 0 bridgehead atoms. The van der Waals surface area contributed by atoms with Crippen LogP contribution in [-0.4, -0.2) is 159 Å². The van der Waals surface area contributed by atoms with E-state index in [-0.39, 0.29) is 52.6 Å². The lowest BCUT2D eigenvalue weighted by Crippen LogP contribution is -2.67. The van der Waals surface area contributed by atoms with Gasteiger partial charge in [-0.1, -0.05) is 53.2 Å². The van der Waals surface area contributed by atoms with Gasteiger partial charge in [0.2, 0.25) is 0 Å². The van der Waals surface area contributed by atoms with Crippen molar-refractivity contribution in [2.24, 2.45) is 50.2 Å². The largest absolute Gasteiger partial charge is 0.481 e. The summed E-state index contributed by atoms with van der Waals surface area (Å²) < 4.78 is 41.7. The van der Waals surface area contributed by atoms with E-state index in [1.54, 1.807) is 0 Å². The number of aliphatic hydroxyl groups excluding tert-OH is 7. The molecule has 65 heavy (non-hydrogen) atoms. The van der Waals surface area contributed by atoms with Gasteiger partial charge in [-0.05, 0) is 111 Å². The van der Waals surface area contributed by atoms with Crippen LogP contribution in [0.2, 0.25) is 0 Å². The molecule has 17 heteroatoms. The molecule has 0 aromatic carbocycles. The topological polar surface area (TPSA) is 261 Å². The van der Waals surface area contributed by atoms with Crippen LogP contribution in [0, 0.1) is 50.2 Å². The first-order chi connectivity index (χ1) is 30.4. The van der Waals surface area contributed by atoms with Crippen molar-refractivity contribution in [2.75, 3.05) is 19.8 Å². The Bertz CT molecular complexity index is 1810. The van der Waals surface area contributed by atoms with Gasteiger partial charge in [-0.25, -0.2) is 0 Å². The van der Waals surface area contributed by atoms with E-state index in [1.807, 2.05) is 0 Å². The number of aliphatic carboxylic acids is 1. The van der Waals surface area contributed by atoms with Crippen LogP contribution in [0.4, 0.5) is 0 Å². The molecule has 17 nitrogen and oxygen atoms in total. The highest BCUT2D eigenvalue weighted by atomic mass is 16.8. The average molecular weight is 925 g/mol. The molecule has 0 amide bonds. The second kappa shape index (κ2) is 17.5. The number of carbonyl (C=O) groups is 2. The lowest BCUT2D eigenvalue weighted by atomic mass is 9.33. The molecule has 8 rings (SSSR count). The van der Waals surface area contributed by atoms with Gasteiger partial charge in [0.15, 0.2) is 25.0 Å². The van der Waals surface area contributed by atoms with Crippen LogP contribution >= 0.6 is 0 Å². The third-order valence-corrected chi connectivity index (χ3v) is 19.0. The second-order valence-electron chi connectivity index (χ2n) is 23.0. The lowest BCUT2D eigenvalue weighted by Gasteiger charge is -2.71. The molecule has 5 aliphatic carbocycles. The van der Waals surface area contributed by atoms with E-state index in [1.165, 1.54) is 12.5 Å². The van der Waals surface area contributed by atoms with Crippen molar-refractivity contribution in [2.45, 2.75) is 206 Å². The SMILES string of the molecule is CC(=O)O[C@H]1[C@H](O[C@@H]2[C@@H](O)[C@H](C)O[C@@H](O[C@H]3[C@H](O[C@H]4CC[C@@]5(C)[C@@H](CC[C@]6(C)[C@@H]5CC=C5[C@@H]7CC(C)(C)CCC7(C(=O)O)CC[C@]56C)[C@]4(C)CO)OC[C@H](O)[C@@H]3O)[C@@H]2O)OC[C@@H](O)[C@@H]1O. The van der Waals surface area contributed by atoms with Crippen molar-refractivity contribution in [3.63, 3.8) is 0 Å². The Kier molecular flexibility index (Phi) is 13.4. The number of esters is 1. The minimum absolute atomic E-state index is 0.00129. The van der Waals surface area contributed by atoms with Crippen molar-refractivity contribution in [1.82, 2.24) is 0 Å². The van der Waals surface area contributed by atoms with Crippen LogP contribution in [0.1, 0.15) is 120 Å². The summed E-state index contributed by atoms with van der Waals surface area (Å²) in [5, 5.41) is 88.1. The molecule has 0 aromatic heterocycles. The summed E-state index contributed by atoms with van der Waals surface area (Å²) in [7, 11) is 0. The molecule has 22 atom stereocenters. The highest BCUT2D eigenvalue weighted by Gasteiger charge is 2.70. The van der Waals surface area contributed by atoms with E-state index in [2.05, 4.69) is 47.6 Å². The van der Waals surface area contributed by atoms with E-state index in [4.69, 9.17) is 33.2 Å². The number of fused-ring (bicyclic) bond motifs is 7. The Labute approximate surface area is 382 Å². The molecule has 7 fully saturated rings. The van der Waals surface area contributed by atoms with Crippen molar-refractivity contribution < 1.29 is 83.6 Å². The number of allylic oxidation sites excluding steroid dienone is 2. The Morgan fingerprint density at radius 1 is 0.723 bits per heavy atom. The number of aliphatic hydroxyl groups is 7. The van der Waals surface area contributed by atoms with Gasteiger partial charge in [-0.2, -0.15) is 0 Å². The lowest BCUT2D eigenvalue weighted by molar-refractivity contribution is -0.379. The molecule has 3 aliphatic heterocycles. The van der Waals surface area contributed by atoms with Gasteiger partial charge in [0, 0.05) is 12.3 Å². The summed E-state index contributed by atoms with van der Waals surface area (Å²) in [6, 6.07) is 0. The predicted octanol–water partition coefficient (Wildman–Crippen LogP) is 2.56.